The first-order chi connectivity index (χ1) is 8.01. The number of aliphatic hydroxyl groups is 1. The van der Waals surface area contributed by atoms with Gasteiger partial charge in [0.15, 0.2) is 0 Å². The van der Waals surface area contributed by atoms with E-state index in [0.717, 1.165) is 12.0 Å². The molecule has 3 heteroatoms. The Hall–Kier alpha value is -0.930. The second-order valence-electron chi connectivity index (χ2n) is 5.27. The van der Waals surface area contributed by atoms with E-state index in [1.54, 1.807) is 6.07 Å². The Labute approximate surface area is 103 Å². The van der Waals surface area contributed by atoms with Crippen molar-refractivity contribution >= 4 is 0 Å². The van der Waals surface area contributed by atoms with Crippen LogP contribution in [0.1, 0.15) is 25.8 Å². The molecule has 2 nitrogen and oxygen atoms in total. The van der Waals surface area contributed by atoms with Crippen LogP contribution in [0.25, 0.3) is 0 Å². The Balaban J connectivity index is 2.85. The van der Waals surface area contributed by atoms with Gasteiger partial charge in [0, 0.05) is 12.0 Å². The molecule has 0 amide bonds. The van der Waals surface area contributed by atoms with Gasteiger partial charge in [-0.15, -0.1) is 0 Å². The van der Waals surface area contributed by atoms with Gasteiger partial charge in [0.1, 0.15) is 5.82 Å². The molecule has 0 aliphatic heterocycles. The zero-order valence-electron chi connectivity index (χ0n) is 10.6. The van der Waals surface area contributed by atoms with E-state index in [1.807, 2.05) is 6.07 Å². The minimum atomic E-state index is -0.331. The molecular weight excluding hydrogens is 217 g/mol. The van der Waals surface area contributed by atoms with Crippen molar-refractivity contribution in [1.82, 2.24) is 0 Å². The van der Waals surface area contributed by atoms with Crippen molar-refractivity contribution in [2.75, 3.05) is 13.2 Å². The highest BCUT2D eigenvalue weighted by Crippen LogP contribution is 2.29. The molecule has 1 rings (SSSR count). The van der Waals surface area contributed by atoms with Crippen LogP contribution in [-0.4, -0.2) is 18.3 Å². The SMILES string of the molecule is CC(C)CC(CN)(CO)Cc1cccc(F)c1. The molecule has 1 aromatic rings. The molecule has 0 heterocycles. The molecule has 0 spiro atoms. The third kappa shape index (κ3) is 4.10. The van der Waals surface area contributed by atoms with Crippen molar-refractivity contribution in [3.8, 4) is 0 Å². The Morgan fingerprint density at radius 1 is 1.41 bits per heavy atom. The fourth-order valence-corrected chi connectivity index (χ4v) is 2.36. The van der Waals surface area contributed by atoms with Crippen LogP contribution >= 0.6 is 0 Å². The third-order valence-corrected chi connectivity index (χ3v) is 3.08. The molecule has 0 fully saturated rings. The summed E-state index contributed by atoms with van der Waals surface area (Å²) in [4.78, 5) is 0. The monoisotopic (exact) mass is 239 g/mol. The molecule has 1 aromatic carbocycles. The second kappa shape index (κ2) is 6.12. The van der Waals surface area contributed by atoms with Gasteiger partial charge in [-0.2, -0.15) is 0 Å². The number of benzene rings is 1. The maximum Gasteiger partial charge on any atom is 0.123 e. The molecule has 1 unspecified atom stereocenters. The summed E-state index contributed by atoms with van der Waals surface area (Å²) in [5, 5.41) is 9.58. The lowest BCUT2D eigenvalue weighted by Gasteiger charge is -2.32. The van der Waals surface area contributed by atoms with Crippen LogP contribution in [0.15, 0.2) is 24.3 Å². The number of hydrogen-bond donors (Lipinski definition) is 2. The minimum absolute atomic E-state index is 0.0399. The number of aliphatic hydroxyl groups excluding tert-OH is 1. The van der Waals surface area contributed by atoms with Crippen molar-refractivity contribution in [3.63, 3.8) is 0 Å². The topological polar surface area (TPSA) is 46.2 Å². The van der Waals surface area contributed by atoms with Crippen LogP contribution < -0.4 is 5.73 Å². The second-order valence-corrected chi connectivity index (χ2v) is 5.27. The van der Waals surface area contributed by atoms with Gasteiger partial charge in [0.25, 0.3) is 0 Å². The molecule has 3 N–H and O–H groups in total. The van der Waals surface area contributed by atoms with E-state index < -0.39 is 0 Å². The third-order valence-electron chi connectivity index (χ3n) is 3.08. The van der Waals surface area contributed by atoms with Gasteiger partial charge in [0.05, 0.1) is 6.61 Å². The average molecular weight is 239 g/mol. The lowest BCUT2D eigenvalue weighted by molar-refractivity contribution is 0.108. The van der Waals surface area contributed by atoms with Crippen molar-refractivity contribution in [3.05, 3.63) is 35.6 Å². The first-order valence-corrected chi connectivity index (χ1v) is 6.07. The molecular formula is C14H22FNO. The zero-order chi connectivity index (χ0) is 12.9. The Kier molecular flexibility index (Phi) is 5.09. The van der Waals surface area contributed by atoms with E-state index in [1.165, 1.54) is 12.1 Å². The molecule has 0 aliphatic rings. The van der Waals surface area contributed by atoms with Gasteiger partial charge in [0.2, 0.25) is 0 Å². The van der Waals surface area contributed by atoms with Gasteiger partial charge in [-0.25, -0.2) is 4.39 Å². The fourth-order valence-electron chi connectivity index (χ4n) is 2.36. The normalized spacial score (nSPS) is 14.9. The van der Waals surface area contributed by atoms with E-state index in [4.69, 9.17) is 5.73 Å². The Morgan fingerprint density at radius 3 is 2.59 bits per heavy atom. The van der Waals surface area contributed by atoms with Crippen LogP contribution in [-0.2, 0) is 6.42 Å². The first kappa shape index (κ1) is 14.1. The molecule has 0 radical (unpaired) electrons. The van der Waals surface area contributed by atoms with E-state index in [0.29, 0.717) is 18.9 Å². The summed E-state index contributed by atoms with van der Waals surface area (Å²) >= 11 is 0. The maximum atomic E-state index is 13.1. The zero-order valence-corrected chi connectivity index (χ0v) is 10.6. The number of rotatable bonds is 6. The van der Waals surface area contributed by atoms with Gasteiger partial charge >= 0.3 is 0 Å². The molecule has 17 heavy (non-hydrogen) atoms. The standard InChI is InChI=1S/C14H22FNO/c1-11(2)7-14(9-16,10-17)8-12-4-3-5-13(15)6-12/h3-6,11,17H,7-10,16H2,1-2H3. The summed E-state index contributed by atoms with van der Waals surface area (Å²) in [5.74, 6) is 0.218. The molecule has 0 bridgehead atoms. The lowest BCUT2D eigenvalue weighted by Crippen LogP contribution is -2.37. The van der Waals surface area contributed by atoms with Crippen LogP contribution in [0, 0.1) is 17.2 Å². The average Bonchev–Trinajstić information content (AvgIpc) is 2.27. The summed E-state index contributed by atoms with van der Waals surface area (Å²) < 4.78 is 13.1. The number of nitrogens with two attached hydrogens (primary N) is 1. The quantitative estimate of drug-likeness (QED) is 0.800. The van der Waals surface area contributed by atoms with E-state index in [2.05, 4.69) is 13.8 Å². The van der Waals surface area contributed by atoms with Crippen molar-refractivity contribution in [1.29, 1.82) is 0 Å². The molecule has 0 saturated carbocycles. The highest BCUT2D eigenvalue weighted by atomic mass is 19.1. The number of hydrogen-bond acceptors (Lipinski definition) is 2. The van der Waals surface area contributed by atoms with Crippen LogP contribution in [0.3, 0.4) is 0 Å². The van der Waals surface area contributed by atoms with E-state index >= 15 is 0 Å². The van der Waals surface area contributed by atoms with Gasteiger partial charge < -0.3 is 10.8 Å². The smallest absolute Gasteiger partial charge is 0.123 e. The van der Waals surface area contributed by atoms with Crippen LogP contribution in [0.4, 0.5) is 4.39 Å². The van der Waals surface area contributed by atoms with E-state index in [9.17, 15) is 9.50 Å². The molecule has 0 saturated heterocycles. The highest BCUT2D eigenvalue weighted by Gasteiger charge is 2.29. The Morgan fingerprint density at radius 2 is 2.12 bits per heavy atom. The maximum absolute atomic E-state index is 13.1. The molecule has 96 valence electrons. The predicted molar refractivity (Wildman–Crippen MR) is 68.1 cm³/mol. The summed E-state index contributed by atoms with van der Waals surface area (Å²) in [7, 11) is 0. The van der Waals surface area contributed by atoms with Crippen molar-refractivity contribution < 1.29 is 9.50 Å². The minimum Gasteiger partial charge on any atom is -0.396 e. The first-order valence-electron chi connectivity index (χ1n) is 6.07. The molecule has 0 aliphatic carbocycles. The summed E-state index contributed by atoms with van der Waals surface area (Å²) in [6.07, 6.45) is 1.46. The van der Waals surface area contributed by atoms with Crippen LogP contribution in [0.2, 0.25) is 0 Å². The predicted octanol–water partition coefficient (Wildman–Crippen LogP) is 2.35. The lowest BCUT2D eigenvalue weighted by atomic mass is 9.76. The van der Waals surface area contributed by atoms with Crippen LogP contribution in [0.5, 0.6) is 0 Å². The van der Waals surface area contributed by atoms with E-state index in [-0.39, 0.29) is 17.8 Å². The van der Waals surface area contributed by atoms with Gasteiger partial charge in [-0.1, -0.05) is 26.0 Å². The van der Waals surface area contributed by atoms with Crippen molar-refractivity contribution in [2.45, 2.75) is 26.7 Å². The molecule has 1 atom stereocenters. The van der Waals surface area contributed by atoms with Crippen molar-refractivity contribution in [2.24, 2.45) is 17.1 Å². The largest absolute Gasteiger partial charge is 0.396 e. The molecule has 0 aromatic heterocycles. The number of halogens is 1. The fraction of sp³-hybridized carbons (Fsp3) is 0.571. The highest BCUT2D eigenvalue weighted by molar-refractivity contribution is 5.18. The van der Waals surface area contributed by atoms with Gasteiger partial charge in [-0.3, -0.25) is 0 Å². The summed E-state index contributed by atoms with van der Waals surface area (Å²) in [6, 6.07) is 6.51. The Bertz CT molecular complexity index is 348. The summed E-state index contributed by atoms with van der Waals surface area (Å²) in [5.41, 5.74) is 6.36. The van der Waals surface area contributed by atoms with Gasteiger partial charge in [-0.05, 0) is 36.5 Å². The summed E-state index contributed by atoms with van der Waals surface area (Å²) in [6.45, 7) is 4.66.